The van der Waals surface area contributed by atoms with Crippen molar-refractivity contribution in [3.8, 4) is 0 Å². The van der Waals surface area contributed by atoms with Crippen LogP contribution < -0.4 is 10.7 Å². The first-order valence-corrected chi connectivity index (χ1v) is 6.10. The maximum atomic E-state index is 4.40. The van der Waals surface area contributed by atoms with Crippen molar-refractivity contribution in [1.82, 2.24) is 9.89 Å². The molecule has 0 saturated carbocycles. The van der Waals surface area contributed by atoms with Crippen LogP contribution in [0.4, 0.5) is 17.2 Å². The van der Waals surface area contributed by atoms with Crippen molar-refractivity contribution in [2.75, 3.05) is 10.7 Å². The molecule has 0 atom stereocenters. The molecule has 2 aromatic carbocycles. The number of nitrogens with zero attached hydrogens (tertiary/aromatic N) is 2. The minimum absolute atomic E-state index is 0.801. The zero-order chi connectivity index (χ0) is 12.9. The number of benzene rings is 2. The van der Waals surface area contributed by atoms with Gasteiger partial charge in [0.2, 0.25) is 0 Å². The van der Waals surface area contributed by atoms with Gasteiger partial charge in [0.05, 0.1) is 11.9 Å². The van der Waals surface area contributed by atoms with Crippen LogP contribution in [-0.2, 0) is 0 Å². The molecule has 0 bridgehead atoms. The van der Waals surface area contributed by atoms with E-state index in [1.807, 2.05) is 72.9 Å². The molecule has 94 valence electrons. The van der Waals surface area contributed by atoms with Crippen molar-refractivity contribution in [2.24, 2.45) is 0 Å². The molecule has 0 aliphatic heterocycles. The fourth-order valence-corrected chi connectivity index (χ4v) is 1.77. The molecule has 4 nitrogen and oxygen atoms in total. The Hall–Kier alpha value is -2.75. The van der Waals surface area contributed by atoms with Gasteiger partial charge in [0.25, 0.3) is 0 Å². The lowest BCUT2D eigenvalue weighted by Gasteiger charge is -2.05. The van der Waals surface area contributed by atoms with Crippen LogP contribution in [0, 0.1) is 0 Å². The van der Waals surface area contributed by atoms with E-state index in [1.165, 1.54) is 0 Å². The van der Waals surface area contributed by atoms with Crippen LogP contribution in [0.3, 0.4) is 0 Å². The molecule has 3 aromatic rings. The van der Waals surface area contributed by atoms with Crippen molar-refractivity contribution in [3.63, 3.8) is 0 Å². The highest BCUT2D eigenvalue weighted by Crippen LogP contribution is 2.13. The summed E-state index contributed by atoms with van der Waals surface area (Å²) >= 11 is 0. The van der Waals surface area contributed by atoms with Gasteiger partial charge in [-0.2, -0.15) is 4.79 Å². The zero-order valence-electron chi connectivity index (χ0n) is 10.3. The van der Waals surface area contributed by atoms with Gasteiger partial charge in [0.15, 0.2) is 5.82 Å². The van der Waals surface area contributed by atoms with Crippen LogP contribution in [0.5, 0.6) is 0 Å². The molecule has 0 aliphatic carbocycles. The Bertz CT molecular complexity index is 576. The first-order chi connectivity index (χ1) is 9.40. The van der Waals surface area contributed by atoms with Gasteiger partial charge in [0.1, 0.15) is 0 Å². The van der Waals surface area contributed by atoms with E-state index >= 15 is 0 Å². The normalized spacial score (nSPS) is 10.1. The zero-order valence-corrected chi connectivity index (χ0v) is 10.3. The number of hydrogen-bond acceptors (Lipinski definition) is 3. The van der Waals surface area contributed by atoms with Gasteiger partial charge in [-0.3, -0.25) is 5.43 Å². The molecule has 3 rings (SSSR count). The lowest BCUT2D eigenvalue weighted by atomic mass is 10.3. The summed E-state index contributed by atoms with van der Waals surface area (Å²) in [4.78, 5) is 1.68. The molecule has 0 spiro atoms. The van der Waals surface area contributed by atoms with Crippen molar-refractivity contribution in [3.05, 3.63) is 72.9 Å². The summed E-state index contributed by atoms with van der Waals surface area (Å²) in [6.07, 6.45) is 1.87. The minimum Gasteiger partial charge on any atom is -0.339 e. The minimum atomic E-state index is 0.801. The molecule has 1 heterocycles. The van der Waals surface area contributed by atoms with Gasteiger partial charge < -0.3 is 5.32 Å². The molecule has 0 radical (unpaired) electrons. The third-order valence-corrected chi connectivity index (χ3v) is 2.65. The average Bonchev–Trinajstić information content (AvgIpc) is 2.88. The van der Waals surface area contributed by atoms with Gasteiger partial charge in [-0.15, -0.1) is 5.10 Å². The van der Waals surface area contributed by atoms with Crippen molar-refractivity contribution >= 4 is 17.2 Å². The fourth-order valence-electron chi connectivity index (χ4n) is 1.77. The lowest BCUT2D eigenvalue weighted by molar-refractivity contribution is 0.807. The molecule has 0 saturated heterocycles. The van der Waals surface area contributed by atoms with Crippen molar-refractivity contribution < 1.29 is 0 Å². The standard InChI is InChI=1S/C15H14N4/c1-3-7-13(8-4-1)16-15-11-12-19(18-15)17-14-9-5-2-6-10-14/h1-12,17H,(H,16,18). The van der Waals surface area contributed by atoms with Crippen LogP contribution in [0.1, 0.15) is 0 Å². The van der Waals surface area contributed by atoms with Crippen LogP contribution in [0.15, 0.2) is 72.9 Å². The molecule has 0 amide bonds. The van der Waals surface area contributed by atoms with Crippen LogP contribution in [0.25, 0.3) is 0 Å². The second kappa shape index (κ2) is 5.27. The summed E-state index contributed by atoms with van der Waals surface area (Å²) in [5.74, 6) is 0.801. The SMILES string of the molecule is c1ccc(Nc2ccn(Nc3ccccc3)n2)cc1. The van der Waals surface area contributed by atoms with E-state index in [2.05, 4.69) is 15.8 Å². The molecule has 0 aliphatic rings. The predicted octanol–water partition coefficient (Wildman–Crippen LogP) is 3.50. The molecule has 1 aromatic heterocycles. The molecule has 2 N–H and O–H groups in total. The molecule has 4 heteroatoms. The number of aromatic nitrogens is 2. The van der Waals surface area contributed by atoms with Crippen molar-refractivity contribution in [1.29, 1.82) is 0 Å². The van der Waals surface area contributed by atoms with Gasteiger partial charge in [-0.25, -0.2) is 0 Å². The summed E-state index contributed by atoms with van der Waals surface area (Å²) < 4.78 is 0. The summed E-state index contributed by atoms with van der Waals surface area (Å²) in [5.41, 5.74) is 5.19. The average molecular weight is 250 g/mol. The lowest BCUT2D eigenvalue weighted by Crippen LogP contribution is -2.09. The van der Waals surface area contributed by atoms with Crippen LogP contribution in [-0.4, -0.2) is 9.89 Å². The second-order valence-corrected chi connectivity index (χ2v) is 4.11. The van der Waals surface area contributed by atoms with Gasteiger partial charge in [-0.05, 0) is 24.3 Å². The Morgan fingerprint density at radius 3 is 2.05 bits per heavy atom. The number of rotatable bonds is 4. The van der Waals surface area contributed by atoms with E-state index in [0.717, 1.165) is 17.2 Å². The number of anilines is 3. The maximum Gasteiger partial charge on any atom is 0.154 e. The van der Waals surface area contributed by atoms with Gasteiger partial charge in [-0.1, -0.05) is 36.4 Å². The van der Waals surface area contributed by atoms with Crippen molar-refractivity contribution in [2.45, 2.75) is 0 Å². The molecule has 19 heavy (non-hydrogen) atoms. The van der Waals surface area contributed by atoms with E-state index in [-0.39, 0.29) is 0 Å². The number of hydrogen-bond donors (Lipinski definition) is 2. The van der Waals surface area contributed by atoms with Gasteiger partial charge in [0, 0.05) is 11.8 Å². The third kappa shape index (κ3) is 2.93. The number of para-hydroxylation sites is 2. The Morgan fingerprint density at radius 2 is 1.37 bits per heavy atom. The van der Waals surface area contributed by atoms with Crippen LogP contribution in [0.2, 0.25) is 0 Å². The third-order valence-electron chi connectivity index (χ3n) is 2.65. The highest BCUT2D eigenvalue weighted by atomic mass is 15.6. The summed E-state index contributed by atoms with van der Waals surface area (Å²) in [7, 11) is 0. The highest BCUT2D eigenvalue weighted by Gasteiger charge is 1.99. The Kier molecular flexibility index (Phi) is 3.14. The summed E-state index contributed by atoms with van der Waals surface area (Å²) in [5, 5.41) is 7.63. The Labute approximate surface area is 111 Å². The predicted molar refractivity (Wildman–Crippen MR) is 77.4 cm³/mol. The fraction of sp³-hybridized carbons (Fsp3) is 0. The molecule has 0 unspecified atom stereocenters. The van der Waals surface area contributed by atoms with E-state index in [1.54, 1.807) is 4.79 Å². The summed E-state index contributed by atoms with van der Waals surface area (Å²) in [6.45, 7) is 0. The molecular formula is C15H14N4. The maximum absolute atomic E-state index is 4.40. The quantitative estimate of drug-likeness (QED) is 0.744. The molecule has 0 fully saturated rings. The second-order valence-electron chi connectivity index (χ2n) is 4.11. The first-order valence-electron chi connectivity index (χ1n) is 6.10. The largest absolute Gasteiger partial charge is 0.339 e. The smallest absolute Gasteiger partial charge is 0.154 e. The topological polar surface area (TPSA) is 41.9 Å². The Morgan fingerprint density at radius 1 is 0.737 bits per heavy atom. The van der Waals surface area contributed by atoms with E-state index in [9.17, 15) is 0 Å². The molecular weight excluding hydrogens is 236 g/mol. The highest BCUT2D eigenvalue weighted by molar-refractivity contribution is 5.55. The Balaban J connectivity index is 1.70. The monoisotopic (exact) mass is 250 g/mol. The van der Waals surface area contributed by atoms with Gasteiger partial charge >= 0.3 is 0 Å². The van der Waals surface area contributed by atoms with E-state index in [4.69, 9.17) is 0 Å². The van der Waals surface area contributed by atoms with E-state index < -0.39 is 0 Å². The number of nitrogens with one attached hydrogen (secondary N) is 2. The van der Waals surface area contributed by atoms with Crippen LogP contribution >= 0.6 is 0 Å². The first kappa shape index (κ1) is 11.3. The van der Waals surface area contributed by atoms with E-state index in [0.29, 0.717) is 0 Å². The summed E-state index contributed by atoms with van der Waals surface area (Å²) in [6, 6.07) is 21.8.